The summed E-state index contributed by atoms with van der Waals surface area (Å²) in [5, 5.41) is 0. The minimum atomic E-state index is -6.03. The van der Waals surface area contributed by atoms with Crippen LogP contribution in [-0.4, -0.2) is 49.2 Å². The maximum absolute atomic E-state index is 13.1. The van der Waals surface area contributed by atoms with Crippen LogP contribution < -0.4 is 0 Å². The van der Waals surface area contributed by atoms with Crippen LogP contribution in [0.1, 0.15) is 32.6 Å². The molecule has 0 spiro atoms. The fourth-order valence-electron chi connectivity index (χ4n) is 1.23. The van der Waals surface area contributed by atoms with Gasteiger partial charge in [0.05, 0.1) is 0 Å². The molecule has 0 unspecified atom stereocenters. The number of hydrogen-bond acceptors (Lipinski definition) is 2. The Morgan fingerprint density at radius 3 is 2.00 bits per heavy atom. The van der Waals surface area contributed by atoms with Gasteiger partial charge in [0.1, 0.15) is 0 Å². The molecule has 10 heteroatoms. The maximum atomic E-state index is 13.1. The summed E-state index contributed by atoms with van der Waals surface area (Å²) in [6, 6.07) is 0. The van der Waals surface area contributed by atoms with Crippen LogP contribution in [0.15, 0.2) is 0 Å². The van der Waals surface area contributed by atoms with E-state index in [2.05, 4.69) is 3.07 Å². The topological polar surface area (TPSA) is 26.3 Å². The van der Waals surface area contributed by atoms with Crippen LogP contribution in [0.3, 0.4) is 0 Å². The molecule has 2 nitrogen and oxygen atoms in total. The monoisotopic (exact) mass is 420 g/mol. The summed E-state index contributed by atoms with van der Waals surface area (Å²) in [6.45, 7) is -1.57. The van der Waals surface area contributed by atoms with Gasteiger partial charge in [-0.3, -0.25) is 0 Å². The van der Waals surface area contributed by atoms with Crippen molar-refractivity contribution in [1.82, 2.24) is 0 Å². The zero-order valence-corrected chi connectivity index (χ0v) is 13.6. The summed E-state index contributed by atoms with van der Waals surface area (Å²) >= 11 is -5.80. The first-order valence-electron chi connectivity index (χ1n) is 5.91. The Bertz CT molecular complexity index is 323. The zero-order valence-electron chi connectivity index (χ0n) is 10.7. The zero-order chi connectivity index (χ0) is 16.0. The Morgan fingerprint density at radius 1 is 1.00 bits per heavy atom. The van der Waals surface area contributed by atoms with E-state index < -0.39 is 49.2 Å². The van der Waals surface area contributed by atoms with Crippen molar-refractivity contribution < 1.29 is 36.9 Å². The van der Waals surface area contributed by atoms with E-state index in [-0.39, 0.29) is 6.42 Å². The van der Waals surface area contributed by atoms with Crippen molar-refractivity contribution in [2.24, 2.45) is 0 Å². The Labute approximate surface area is 119 Å². The third kappa shape index (κ3) is 4.54. The van der Waals surface area contributed by atoms with E-state index in [1.807, 2.05) is 6.92 Å². The van der Waals surface area contributed by atoms with Gasteiger partial charge in [0, 0.05) is 0 Å². The Balaban J connectivity index is 4.66. The molecule has 0 saturated heterocycles. The fraction of sp³-hybridized carbons (Fsp3) is 1.00. The predicted octanol–water partition coefficient (Wildman–Crippen LogP) is 3.92. The molecule has 120 valence electrons. The Hall–Kier alpha value is 0.0687. The molecule has 0 N–H and O–H groups in total. The van der Waals surface area contributed by atoms with Crippen LogP contribution in [0.2, 0.25) is 0 Å². The third-order valence-electron chi connectivity index (χ3n) is 2.51. The molecule has 0 aliphatic carbocycles. The molecule has 0 bridgehead atoms. The summed E-state index contributed by atoms with van der Waals surface area (Å²) in [7, 11) is 0. The van der Waals surface area contributed by atoms with Gasteiger partial charge in [0.15, 0.2) is 0 Å². The average Bonchev–Trinajstić information content (AvgIpc) is 2.37. The van der Waals surface area contributed by atoms with Gasteiger partial charge in [0.2, 0.25) is 0 Å². The normalized spacial score (nSPS) is 13.6. The molecule has 0 aliphatic heterocycles. The molecule has 0 atom stereocenters. The van der Waals surface area contributed by atoms with Gasteiger partial charge in [-0.25, -0.2) is 0 Å². The molecule has 0 aromatic heterocycles. The molecule has 0 aromatic carbocycles. The van der Waals surface area contributed by atoms with Crippen molar-refractivity contribution in [2.45, 2.75) is 48.4 Å². The number of alkyl halides is 7. The van der Waals surface area contributed by atoms with Gasteiger partial charge in [-0.05, 0) is 0 Å². The molecule has 0 heterocycles. The van der Waals surface area contributed by atoms with Gasteiger partial charge >= 0.3 is 119 Å². The van der Waals surface area contributed by atoms with Crippen LogP contribution in [0, 0.1) is 0 Å². The van der Waals surface area contributed by atoms with Crippen molar-refractivity contribution in [3.63, 3.8) is 0 Å². The van der Waals surface area contributed by atoms with Crippen LogP contribution in [0.25, 0.3) is 0 Å². The molecular weight excluding hydrogens is 404 g/mol. The minimum absolute atomic E-state index is 0.210. The molecule has 0 saturated carbocycles. The molecule has 0 amide bonds. The molecular formula is C10H15F7O2Sn. The van der Waals surface area contributed by atoms with Crippen molar-refractivity contribution in [2.75, 3.05) is 13.3 Å². The van der Waals surface area contributed by atoms with Gasteiger partial charge in [0.25, 0.3) is 0 Å². The van der Waals surface area contributed by atoms with Crippen LogP contribution in [0.5, 0.6) is 0 Å². The number of hydrogen-bond donors (Lipinski definition) is 0. The molecule has 0 aliphatic rings. The first kappa shape index (κ1) is 20.1. The van der Waals surface area contributed by atoms with E-state index in [4.69, 9.17) is 0 Å². The quantitative estimate of drug-likeness (QED) is 0.305. The van der Waals surface area contributed by atoms with Crippen molar-refractivity contribution in [3.8, 4) is 0 Å². The fourth-order valence-corrected chi connectivity index (χ4v) is 3.94. The summed E-state index contributed by atoms with van der Waals surface area (Å²) in [5.41, 5.74) is 0. The van der Waals surface area contributed by atoms with E-state index in [9.17, 15) is 33.8 Å². The van der Waals surface area contributed by atoms with Crippen LogP contribution in [0.4, 0.5) is 30.7 Å². The Morgan fingerprint density at radius 2 is 1.55 bits per heavy atom. The predicted molar refractivity (Wildman–Crippen MR) is 57.4 cm³/mol. The SMILES string of the molecule is CCCCCC[O][Sn](=[O])[C](F)(F)C(F)(F)C(F)(F)CF. The standard InChI is InChI=1S/C6H13O.C4H2F7.O.Sn/c1-2-3-4-5-6-7;5-1-3(8,9)4(10,11)2(6)7;;/h2-6H2,1H3;1H2;;/q-1;;;+1. The molecule has 20 heavy (non-hydrogen) atoms. The van der Waals surface area contributed by atoms with E-state index >= 15 is 0 Å². The van der Waals surface area contributed by atoms with Crippen LogP contribution >= 0.6 is 0 Å². The van der Waals surface area contributed by atoms with E-state index in [0.29, 0.717) is 6.42 Å². The van der Waals surface area contributed by atoms with Crippen molar-refractivity contribution in [3.05, 3.63) is 0 Å². The van der Waals surface area contributed by atoms with E-state index in [1.165, 1.54) is 0 Å². The van der Waals surface area contributed by atoms with E-state index in [1.54, 1.807) is 0 Å². The second kappa shape index (κ2) is 7.90. The van der Waals surface area contributed by atoms with Gasteiger partial charge < -0.3 is 0 Å². The van der Waals surface area contributed by atoms with Gasteiger partial charge in [-0.15, -0.1) is 0 Å². The summed E-state index contributed by atoms with van der Waals surface area (Å²) < 4.78 is 98.5. The summed E-state index contributed by atoms with van der Waals surface area (Å²) in [4.78, 5) is 0. The second-order valence-electron chi connectivity index (χ2n) is 4.18. The molecule has 0 fully saturated rings. The first-order valence-corrected chi connectivity index (χ1v) is 9.67. The molecule has 0 aromatic rings. The number of rotatable bonds is 10. The van der Waals surface area contributed by atoms with Gasteiger partial charge in [-0.2, -0.15) is 0 Å². The number of unbranched alkanes of at least 4 members (excludes halogenated alkanes) is 3. The number of halogens is 7. The average molecular weight is 419 g/mol. The van der Waals surface area contributed by atoms with Crippen molar-refractivity contribution >= 4 is 20.2 Å². The molecule has 0 rings (SSSR count). The third-order valence-corrected chi connectivity index (χ3v) is 6.20. The van der Waals surface area contributed by atoms with Gasteiger partial charge in [-0.1, -0.05) is 0 Å². The first-order chi connectivity index (χ1) is 9.04. The Kier molecular flexibility index (Phi) is 7.93. The summed E-state index contributed by atoms with van der Waals surface area (Å²) in [5.74, 6) is -11.6. The summed E-state index contributed by atoms with van der Waals surface area (Å²) in [6.07, 6.45) is 2.32. The second-order valence-corrected chi connectivity index (χ2v) is 8.44. The van der Waals surface area contributed by atoms with Crippen molar-refractivity contribution in [1.29, 1.82) is 0 Å². The van der Waals surface area contributed by atoms with E-state index in [0.717, 1.165) is 12.8 Å². The molecule has 0 radical (unpaired) electrons. The van der Waals surface area contributed by atoms with Crippen LogP contribution in [-0.2, 0) is 6.15 Å².